The lowest BCUT2D eigenvalue weighted by molar-refractivity contribution is -0.121. The topological polar surface area (TPSA) is 91.8 Å². The Morgan fingerprint density at radius 2 is 1.97 bits per heavy atom. The van der Waals surface area contributed by atoms with Crippen molar-refractivity contribution in [1.82, 2.24) is 19.9 Å². The average molecular weight is 450 g/mol. The zero-order valence-corrected chi connectivity index (χ0v) is 18.4. The van der Waals surface area contributed by atoms with Crippen molar-refractivity contribution in [3.63, 3.8) is 0 Å². The first kappa shape index (κ1) is 21.6. The normalized spacial score (nSPS) is 10.9. The second-order valence-electron chi connectivity index (χ2n) is 7.60. The number of carbonyl (C=O) groups is 1. The van der Waals surface area contributed by atoms with Gasteiger partial charge < -0.3 is 15.6 Å². The number of rotatable bonds is 8. The van der Waals surface area contributed by atoms with Crippen LogP contribution in [0.1, 0.15) is 16.8 Å². The summed E-state index contributed by atoms with van der Waals surface area (Å²) in [5.41, 5.74) is 3.35. The summed E-state index contributed by atoms with van der Waals surface area (Å²) in [5, 5.41) is 7.50. The van der Waals surface area contributed by atoms with Gasteiger partial charge in [0.2, 0.25) is 5.91 Å². The molecule has 164 valence electrons. The Hall–Kier alpha value is -3.58. The first-order valence-corrected chi connectivity index (χ1v) is 10.8. The van der Waals surface area contributed by atoms with Crippen molar-refractivity contribution < 1.29 is 4.79 Å². The molecular formula is C24H24ClN5O2. The second-order valence-corrected chi connectivity index (χ2v) is 8.00. The zero-order valence-electron chi connectivity index (χ0n) is 17.7. The van der Waals surface area contributed by atoms with E-state index in [1.807, 2.05) is 48.5 Å². The Morgan fingerprint density at radius 1 is 1.16 bits per heavy atom. The minimum Gasteiger partial charge on any atom is -0.365 e. The fourth-order valence-corrected chi connectivity index (χ4v) is 3.71. The van der Waals surface area contributed by atoms with Gasteiger partial charge in [0.15, 0.2) is 5.82 Å². The van der Waals surface area contributed by atoms with Crippen molar-refractivity contribution in [2.45, 2.75) is 26.4 Å². The van der Waals surface area contributed by atoms with Crippen LogP contribution in [0.15, 0.2) is 65.7 Å². The number of benzene rings is 2. The van der Waals surface area contributed by atoms with E-state index in [4.69, 9.17) is 11.6 Å². The summed E-state index contributed by atoms with van der Waals surface area (Å²) in [4.78, 5) is 32.7. The van der Waals surface area contributed by atoms with Crippen LogP contribution in [0.3, 0.4) is 0 Å². The van der Waals surface area contributed by atoms with Crippen molar-refractivity contribution >= 4 is 34.2 Å². The van der Waals surface area contributed by atoms with Gasteiger partial charge in [-0.15, -0.1) is 0 Å². The number of aromatic nitrogens is 3. The third kappa shape index (κ3) is 5.00. The van der Waals surface area contributed by atoms with Gasteiger partial charge in [-0.3, -0.25) is 14.2 Å². The van der Waals surface area contributed by atoms with E-state index in [9.17, 15) is 9.59 Å². The number of nitrogens with one attached hydrogen (secondary N) is 3. The second kappa shape index (κ2) is 9.70. The molecule has 0 radical (unpaired) electrons. The molecule has 8 heteroatoms. The number of fused-ring (bicyclic) bond motifs is 1. The maximum absolute atomic E-state index is 12.8. The molecule has 0 bridgehead atoms. The molecule has 2 heterocycles. The van der Waals surface area contributed by atoms with Gasteiger partial charge in [0.1, 0.15) is 6.54 Å². The lowest BCUT2D eigenvalue weighted by Gasteiger charge is -2.13. The predicted octanol–water partition coefficient (Wildman–Crippen LogP) is 3.66. The Bertz CT molecular complexity index is 1300. The van der Waals surface area contributed by atoms with Gasteiger partial charge in [0.05, 0.1) is 5.02 Å². The molecule has 0 aliphatic carbocycles. The van der Waals surface area contributed by atoms with Crippen LogP contribution in [0.4, 0.5) is 5.82 Å². The number of halogens is 1. The molecule has 7 nitrogen and oxygen atoms in total. The van der Waals surface area contributed by atoms with Crippen LogP contribution in [0.25, 0.3) is 10.9 Å². The van der Waals surface area contributed by atoms with Gasteiger partial charge in [-0.25, -0.2) is 4.98 Å². The molecule has 32 heavy (non-hydrogen) atoms. The number of hydrogen-bond acceptors (Lipinski definition) is 4. The third-order valence-electron chi connectivity index (χ3n) is 5.29. The number of nitrogens with zero attached hydrogens (tertiary/aromatic N) is 2. The van der Waals surface area contributed by atoms with Crippen molar-refractivity contribution in [3.05, 3.63) is 93.1 Å². The molecule has 4 rings (SSSR count). The number of H-pyrrole nitrogens is 1. The van der Waals surface area contributed by atoms with Crippen LogP contribution >= 0.6 is 11.6 Å². The molecule has 0 saturated carbocycles. The molecule has 0 saturated heterocycles. The van der Waals surface area contributed by atoms with Crippen molar-refractivity contribution in [2.24, 2.45) is 0 Å². The molecule has 2 aromatic carbocycles. The highest BCUT2D eigenvalue weighted by atomic mass is 35.5. The molecule has 0 atom stereocenters. The Labute approximate surface area is 190 Å². The molecule has 1 amide bonds. The molecule has 0 aliphatic rings. The number of hydrogen-bond donors (Lipinski definition) is 3. The summed E-state index contributed by atoms with van der Waals surface area (Å²) < 4.78 is 1.43. The molecule has 3 N–H and O–H groups in total. The highest BCUT2D eigenvalue weighted by molar-refractivity contribution is 6.35. The first-order chi connectivity index (χ1) is 15.5. The van der Waals surface area contributed by atoms with E-state index >= 15 is 0 Å². The van der Waals surface area contributed by atoms with Crippen molar-refractivity contribution in [3.8, 4) is 0 Å². The lowest BCUT2D eigenvalue weighted by Crippen LogP contribution is -2.34. The maximum Gasteiger partial charge on any atom is 0.293 e. The van der Waals surface area contributed by atoms with Gasteiger partial charge >= 0.3 is 0 Å². The van der Waals surface area contributed by atoms with Gasteiger partial charge in [0.25, 0.3) is 5.56 Å². The number of carbonyl (C=O) groups excluding carboxylic acids is 1. The van der Waals surface area contributed by atoms with Gasteiger partial charge in [0, 0.05) is 42.1 Å². The number of aryl methyl sites for hydroxylation is 1. The van der Waals surface area contributed by atoms with E-state index in [2.05, 4.69) is 20.6 Å². The van der Waals surface area contributed by atoms with Gasteiger partial charge in [-0.05, 0) is 36.6 Å². The van der Waals surface area contributed by atoms with Crippen molar-refractivity contribution in [2.75, 3.05) is 11.9 Å². The summed E-state index contributed by atoms with van der Waals surface area (Å²) in [6.07, 6.45) is 4.10. The van der Waals surface area contributed by atoms with E-state index in [0.717, 1.165) is 22.9 Å². The van der Waals surface area contributed by atoms with E-state index < -0.39 is 0 Å². The molecule has 0 fully saturated rings. The maximum atomic E-state index is 12.8. The van der Waals surface area contributed by atoms with Crippen LogP contribution < -0.4 is 16.2 Å². The summed E-state index contributed by atoms with van der Waals surface area (Å²) in [5.74, 6) is -0.0104. The lowest BCUT2D eigenvalue weighted by atomic mass is 10.1. The fourth-order valence-electron chi connectivity index (χ4n) is 3.50. The molecule has 4 aromatic rings. The molecule has 0 aliphatic heterocycles. The Kier molecular flexibility index (Phi) is 6.56. The van der Waals surface area contributed by atoms with Gasteiger partial charge in [-0.1, -0.05) is 48.0 Å². The minimum atomic E-state index is -0.311. The highest BCUT2D eigenvalue weighted by Crippen LogP contribution is 2.23. The van der Waals surface area contributed by atoms with Crippen LogP contribution in [-0.4, -0.2) is 27.0 Å². The summed E-state index contributed by atoms with van der Waals surface area (Å²) in [6, 6.07) is 15.8. The zero-order chi connectivity index (χ0) is 22.5. The average Bonchev–Trinajstić information content (AvgIpc) is 3.17. The number of anilines is 1. The molecular weight excluding hydrogens is 426 g/mol. The molecule has 0 spiro atoms. The molecule has 0 unspecified atom stereocenters. The first-order valence-electron chi connectivity index (χ1n) is 10.4. The third-order valence-corrected chi connectivity index (χ3v) is 5.60. The fraction of sp³-hybridized carbons (Fsp3) is 0.208. The predicted molar refractivity (Wildman–Crippen MR) is 127 cm³/mol. The Morgan fingerprint density at radius 3 is 2.78 bits per heavy atom. The number of aromatic amines is 1. The molecule has 2 aromatic heterocycles. The minimum absolute atomic E-state index is 0.0757. The van der Waals surface area contributed by atoms with E-state index in [1.165, 1.54) is 10.1 Å². The number of amides is 1. The summed E-state index contributed by atoms with van der Waals surface area (Å²) in [6.45, 7) is 2.61. The van der Waals surface area contributed by atoms with E-state index in [1.54, 1.807) is 19.3 Å². The SMILES string of the molecule is Cc1cnc(NCCc2ccccc2)c(=O)n1CC(=O)NCc1ccc2[nH]cc(Cl)c2c1. The van der Waals surface area contributed by atoms with E-state index in [0.29, 0.717) is 23.8 Å². The monoisotopic (exact) mass is 449 g/mol. The summed E-state index contributed by atoms with van der Waals surface area (Å²) >= 11 is 6.17. The standard InChI is InChI=1S/C24H24ClN5O2/c1-16-12-29-23(26-10-9-17-5-3-2-4-6-17)24(32)30(16)15-22(31)28-13-18-7-8-21-19(11-18)20(25)14-27-21/h2-8,11-12,14,27H,9-10,13,15H2,1H3,(H,26,29)(H,28,31). The van der Waals surface area contributed by atoms with E-state index in [-0.39, 0.29) is 23.8 Å². The van der Waals surface area contributed by atoms with Gasteiger partial charge in [-0.2, -0.15) is 0 Å². The highest BCUT2D eigenvalue weighted by Gasteiger charge is 2.12. The quantitative estimate of drug-likeness (QED) is 0.383. The largest absolute Gasteiger partial charge is 0.365 e. The van der Waals surface area contributed by atoms with Crippen LogP contribution in [-0.2, 0) is 24.3 Å². The van der Waals surface area contributed by atoms with Crippen LogP contribution in [0.2, 0.25) is 5.02 Å². The summed E-state index contributed by atoms with van der Waals surface area (Å²) in [7, 11) is 0. The van der Waals surface area contributed by atoms with Crippen LogP contribution in [0.5, 0.6) is 0 Å². The Balaban J connectivity index is 1.37. The van der Waals surface area contributed by atoms with Crippen LogP contribution in [0, 0.1) is 6.92 Å². The smallest absolute Gasteiger partial charge is 0.293 e. The van der Waals surface area contributed by atoms with Crippen molar-refractivity contribution in [1.29, 1.82) is 0 Å².